The first kappa shape index (κ1) is 21.3. The number of ether oxygens (including phenoxy) is 1. The van der Waals surface area contributed by atoms with Crippen molar-refractivity contribution in [1.82, 2.24) is 4.31 Å². The number of nitrogens with zero attached hydrogens (tertiary/aromatic N) is 1. The number of nitrogens with one attached hydrogen (secondary N) is 1. The highest BCUT2D eigenvalue weighted by Crippen LogP contribution is 2.31. The third-order valence-corrected chi connectivity index (χ3v) is 7.02. The molecule has 0 spiro atoms. The Kier molecular flexibility index (Phi) is 6.24. The maximum atomic E-state index is 13.7. The summed E-state index contributed by atoms with van der Waals surface area (Å²) in [4.78, 5) is 12.5. The first-order chi connectivity index (χ1) is 13.7. The van der Waals surface area contributed by atoms with E-state index in [-0.39, 0.29) is 29.6 Å². The Balaban J connectivity index is 1.79. The summed E-state index contributed by atoms with van der Waals surface area (Å²) in [7, 11) is -2.66. The van der Waals surface area contributed by atoms with Crippen molar-refractivity contribution in [2.45, 2.75) is 31.6 Å². The Bertz CT molecular complexity index is 1020. The van der Waals surface area contributed by atoms with Gasteiger partial charge in [-0.25, -0.2) is 12.8 Å². The molecule has 1 heterocycles. The lowest BCUT2D eigenvalue weighted by atomic mass is 9.98. The largest absolute Gasteiger partial charge is 0.495 e. The van der Waals surface area contributed by atoms with Gasteiger partial charge in [0.15, 0.2) is 0 Å². The normalized spacial score (nSPS) is 17.7. The molecule has 1 unspecified atom stereocenters. The van der Waals surface area contributed by atoms with E-state index in [1.54, 1.807) is 0 Å². The Hall–Kier alpha value is -2.45. The number of piperidine rings is 1. The Morgan fingerprint density at radius 1 is 1.21 bits per heavy atom. The zero-order valence-electron chi connectivity index (χ0n) is 16.7. The minimum absolute atomic E-state index is 0.0404. The summed E-state index contributed by atoms with van der Waals surface area (Å²) in [5, 5.41) is 2.91. The van der Waals surface area contributed by atoms with Crippen molar-refractivity contribution < 1.29 is 22.3 Å². The second-order valence-corrected chi connectivity index (χ2v) is 9.21. The zero-order valence-corrected chi connectivity index (χ0v) is 17.6. The molecule has 6 nitrogen and oxygen atoms in total. The van der Waals surface area contributed by atoms with Crippen LogP contribution in [0.3, 0.4) is 0 Å². The number of rotatable bonds is 5. The molecule has 1 atom stereocenters. The van der Waals surface area contributed by atoms with Gasteiger partial charge in [0, 0.05) is 18.8 Å². The molecule has 1 amide bonds. The smallest absolute Gasteiger partial charge is 0.246 e. The van der Waals surface area contributed by atoms with Gasteiger partial charge in [-0.3, -0.25) is 4.79 Å². The average Bonchev–Trinajstić information content (AvgIpc) is 2.70. The number of carbonyl (C=O) groups excluding carboxylic acids is 1. The van der Waals surface area contributed by atoms with Gasteiger partial charge in [-0.15, -0.1) is 0 Å². The van der Waals surface area contributed by atoms with Crippen molar-refractivity contribution in [1.29, 1.82) is 0 Å². The summed E-state index contributed by atoms with van der Waals surface area (Å²) in [6, 6.07) is 9.12. The molecule has 1 aliphatic rings. The minimum Gasteiger partial charge on any atom is -0.495 e. The van der Waals surface area contributed by atoms with Crippen LogP contribution in [0.25, 0.3) is 0 Å². The van der Waals surface area contributed by atoms with Gasteiger partial charge in [0.05, 0.1) is 13.0 Å². The van der Waals surface area contributed by atoms with Gasteiger partial charge in [0.2, 0.25) is 15.9 Å². The summed E-state index contributed by atoms with van der Waals surface area (Å²) in [6.45, 7) is 4.20. The number of carbonyl (C=O) groups is 1. The van der Waals surface area contributed by atoms with Crippen LogP contribution in [-0.4, -0.2) is 38.8 Å². The number of benzene rings is 2. The number of amides is 1. The summed E-state index contributed by atoms with van der Waals surface area (Å²) < 4.78 is 46.2. The average molecular weight is 421 g/mol. The SMILES string of the molecule is COc1ccc(F)cc1S(=O)(=O)N1CCCC(C(=O)Nc2ccc(C)cc2C)C1. The molecule has 0 aromatic heterocycles. The third-order valence-electron chi connectivity index (χ3n) is 5.14. The topological polar surface area (TPSA) is 75.7 Å². The lowest BCUT2D eigenvalue weighted by molar-refractivity contribution is -0.120. The first-order valence-electron chi connectivity index (χ1n) is 9.44. The third kappa shape index (κ3) is 4.59. The molecule has 8 heteroatoms. The van der Waals surface area contributed by atoms with Crippen LogP contribution in [0.15, 0.2) is 41.3 Å². The molecule has 1 aliphatic heterocycles. The van der Waals surface area contributed by atoms with Gasteiger partial charge in [-0.2, -0.15) is 4.31 Å². The monoisotopic (exact) mass is 420 g/mol. The fourth-order valence-electron chi connectivity index (χ4n) is 3.55. The van der Waals surface area contributed by atoms with E-state index in [2.05, 4.69) is 5.32 Å². The number of sulfonamides is 1. The number of aryl methyl sites for hydroxylation is 2. The Morgan fingerprint density at radius 3 is 2.66 bits per heavy atom. The number of hydrogen-bond acceptors (Lipinski definition) is 4. The van der Waals surface area contributed by atoms with Crippen LogP contribution in [0.5, 0.6) is 5.75 Å². The van der Waals surface area contributed by atoms with E-state index in [0.29, 0.717) is 18.5 Å². The molecule has 0 saturated carbocycles. The fourth-order valence-corrected chi connectivity index (χ4v) is 5.25. The van der Waals surface area contributed by atoms with Crippen LogP contribution in [-0.2, 0) is 14.8 Å². The van der Waals surface area contributed by atoms with Crippen LogP contribution in [0, 0.1) is 25.6 Å². The Labute approximate surface area is 170 Å². The number of halogens is 1. The molecule has 0 bridgehead atoms. The molecular weight excluding hydrogens is 395 g/mol. The lowest BCUT2D eigenvalue weighted by Gasteiger charge is -2.31. The zero-order chi connectivity index (χ0) is 21.2. The van der Waals surface area contributed by atoms with E-state index in [9.17, 15) is 17.6 Å². The van der Waals surface area contributed by atoms with E-state index >= 15 is 0 Å². The number of methoxy groups -OCH3 is 1. The molecule has 1 fully saturated rings. The van der Waals surface area contributed by atoms with Crippen molar-refractivity contribution in [2.24, 2.45) is 5.92 Å². The van der Waals surface area contributed by atoms with Crippen molar-refractivity contribution in [3.05, 3.63) is 53.3 Å². The first-order valence-corrected chi connectivity index (χ1v) is 10.9. The van der Waals surface area contributed by atoms with Crippen LogP contribution < -0.4 is 10.1 Å². The van der Waals surface area contributed by atoms with Crippen molar-refractivity contribution >= 4 is 21.6 Å². The van der Waals surface area contributed by atoms with Gasteiger partial charge in [-0.1, -0.05) is 17.7 Å². The molecule has 29 heavy (non-hydrogen) atoms. The minimum atomic E-state index is -3.99. The molecule has 1 saturated heterocycles. The molecule has 1 N–H and O–H groups in total. The molecule has 156 valence electrons. The highest BCUT2D eigenvalue weighted by Gasteiger charge is 2.35. The Morgan fingerprint density at radius 2 is 1.97 bits per heavy atom. The van der Waals surface area contributed by atoms with E-state index in [4.69, 9.17) is 4.74 Å². The molecule has 2 aromatic carbocycles. The molecule has 0 radical (unpaired) electrons. The highest BCUT2D eigenvalue weighted by molar-refractivity contribution is 7.89. The van der Waals surface area contributed by atoms with Crippen molar-refractivity contribution in [3.8, 4) is 5.75 Å². The van der Waals surface area contributed by atoms with Gasteiger partial charge in [0.1, 0.15) is 16.5 Å². The van der Waals surface area contributed by atoms with Gasteiger partial charge in [0.25, 0.3) is 0 Å². The van der Waals surface area contributed by atoms with E-state index in [1.807, 2.05) is 32.0 Å². The summed E-state index contributed by atoms with van der Waals surface area (Å²) in [5.41, 5.74) is 2.76. The van der Waals surface area contributed by atoms with Crippen LogP contribution in [0.1, 0.15) is 24.0 Å². The quantitative estimate of drug-likeness (QED) is 0.803. The summed E-state index contributed by atoms with van der Waals surface area (Å²) >= 11 is 0. The molecule has 0 aliphatic carbocycles. The van der Waals surface area contributed by atoms with Crippen LogP contribution >= 0.6 is 0 Å². The second-order valence-electron chi connectivity index (χ2n) is 7.31. The highest BCUT2D eigenvalue weighted by atomic mass is 32.2. The second kappa shape index (κ2) is 8.51. The van der Waals surface area contributed by atoms with E-state index in [1.165, 1.54) is 17.5 Å². The lowest BCUT2D eigenvalue weighted by Crippen LogP contribution is -2.43. The number of anilines is 1. The maximum Gasteiger partial charge on any atom is 0.246 e. The van der Waals surface area contributed by atoms with Gasteiger partial charge < -0.3 is 10.1 Å². The van der Waals surface area contributed by atoms with Crippen molar-refractivity contribution in [2.75, 3.05) is 25.5 Å². The molecule has 2 aromatic rings. The van der Waals surface area contributed by atoms with Gasteiger partial charge in [-0.05, 0) is 56.5 Å². The number of hydrogen-bond donors (Lipinski definition) is 1. The molecule has 3 rings (SSSR count). The molecular formula is C21H25FN2O4S. The van der Waals surface area contributed by atoms with E-state index < -0.39 is 21.8 Å². The van der Waals surface area contributed by atoms with Crippen LogP contribution in [0.4, 0.5) is 10.1 Å². The van der Waals surface area contributed by atoms with Gasteiger partial charge >= 0.3 is 0 Å². The fraction of sp³-hybridized carbons (Fsp3) is 0.381. The summed E-state index contributed by atoms with van der Waals surface area (Å²) in [6.07, 6.45) is 1.13. The predicted octanol–water partition coefficient (Wildman–Crippen LogP) is 3.49. The van der Waals surface area contributed by atoms with E-state index in [0.717, 1.165) is 23.3 Å². The standard InChI is InChI=1S/C21H25FN2O4S/c1-14-6-8-18(15(2)11-14)23-21(25)16-5-4-10-24(13-16)29(26,27)20-12-17(22)7-9-19(20)28-3/h6-9,11-12,16H,4-5,10,13H2,1-3H3,(H,23,25). The maximum absolute atomic E-state index is 13.7. The predicted molar refractivity (Wildman–Crippen MR) is 109 cm³/mol. The van der Waals surface area contributed by atoms with Crippen molar-refractivity contribution in [3.63, 3.8) is 0 Å². The summed E-state index contributed by atoms with van der Waals surface area (Å²) in [5.74, 6) is -1.29. The van der Waals surface area contributed by atoms with Crippen LogP contribution in [0.2, 0.25) is 0 Å².